The van der Waals surface area contributed by atoms with Crippen LogP contribution in [0.4, 0.5) is 5.95 Å². The van der Waals surface area contributed by atoms with E-state index in [9.17, 15) is 33.6 Å². The largest absolute Gasteiger partial charge is 0.490 e. The Morgan fingerprint density at radius 2 is 1.78 bits per heavy atom. The van der Waals surface area contributed by atoms with Crippen LogP contribution in [0.25, 0.3) is 11.2 Å². The predicted molar refractivity (Wildman–Crippen MR) is 98.3 cm³/mol. The van der Waals surface area contributed by atoms with E-state index in [4.69, 9.17) is 25.2 Å². The standard InChI is InChI=1S/C10H16N5O14P3/c11-10-13-7-4(8(18)14-10)12-2-15(7)9-6(17)5(16)3(27-9)1-26-31(22,23)29-32(24,25)28-30(19,20)21/h2-3,5-6,9,16-17H,1H2,(H,22,23)(H,24,25)(H2,19,20,21)(H3,11,13,14,18)/t3-,5+,6+,9-/m1/s1. The molecule has 2 aromatic rings. The van der Waals surface area contributed by atoms with E-state index in [2.05, 4.69) is 28.1 Å². The maximum absolute atomic E-state index is 11.9. The number of phosphoric ester groups is 1. The molecule has 3 heterocycles. The third kappa shape index (κ3) is 5.67. The van der Waals surface area contributed by atoms with Crippen LogP contribution in [0.1, 0.15) is 6.23 Å². The number of nitrogens with one attached hydrogen (secondary N) is 1. The fourth-order valence-corrected chi connectivity index (χ4v) is 5.73. The minimum atomic E-state index is -5.73. The molecule has 2 aromatic heterocycles. The fourth-order valence-electron chi connectivity index (χ4n) is 2.70. The Kier molecular flexibility index (Phi) is 6.78. The van der Waals surface area contributed by atoms with Gasteiger partial charge < -0.3 is 40.3 Å². The molecule has 0 radical (unpaired) electrons. The zero-order valence-electron chi connectivity index (χ0n) is 15.3. The van der Waals surface area contributed by atoms with Crippen LogP contribution in [0.2, 0.25) is 0 Å². The van der Waals surface area contributed by atoms with E-state index < -0.39 is 60.2 Å². The predicted octanol–water partition coefficient (Wildman–Crippen LogP) is -2.34. The van der Waals surface area contributed by atoms with E-state index >= 15 is 0 Å². The number of rotatable bonds is 8. The van der Waals surface area contributed by atoms with Gasteiger partial charge >= 0.3 is 23.5 Å². The first-order chi connectivity index (χ1) is 14.6. The molecule has 32 heavy (non-hydrogen) atoms. The maximum Gasteiger partial charge on any atom is 0.490 e. The van der Waals surface area contributed by atoms with Crippen LogP contribution in [0.3, 0.4) is 0 Å². The van der Waals surface area contributed by atoms with E-state index in [1.165, 1.54) is 0 Å². The Morgan fingerprint density at radius 3 is 2.41 bits per heavy atom. The smallest absolute Gasteiger partial charge is 0.387 e. The lowest BCUT2D eigenvalue weighted by atomic mass is 10.1. The molecular formula is C10H16N5O14P3. The van der Waals surface area contributed by atoms with Crippen LogP contribution in [-0.4, -0.2) is 74.2 Å². The number of aromatic amines is 1. The summed E-state index contributed by atoms with van der Waals surface area (Å²) in [5.41, 5.74) is 4.50. The molecule has 1 aliphatic heterocycles. The minimum Gasteiger partial charge on any atom is -0.387 e. The van der Waals surface area contributed by atoms with Crippen LogP contribution >= 0.6 is 23.5 Å². The number of nitrogen functional groups attached to an aromatic ring is 1. The number of aliphatic hydroxyl groups excluding tert-OH is 2. The Hall–Kier alpha value is -1.56. The van der Waals surface area contributed by atoms with Crippen molar-refractivity contribution in [1.29, 1.82) is 0 Å². The van der Waals surface area contributed by atoms with Gasteiger partial charge in [-0.3, -0.25) is 18.9 Å². The highest BCUT2D eigenvalue weighted by molar-refractivity contribution is 7.66. The van der Waals surface area contributed by atoms with E-state index in [1.54, 1.807) is 0 Å². The Balaban J connectivity index is 1.72. The summed E-state index contributed by atoms with van der Waals surface area (Å²) in [6.07, 6.45) is -5.33. The molecule has 0 spiro atoms. The molecule has 1 fully saturated rings. The van der Waals surface area contributed by atoms with Crippen molar-refractivity contribution in [2.75, 3.05) is 12.3 Å². The number of aliphatic hydroxyl groups is 2. The fraction of sp³-hybridized carbons (Fsp3) is 0.500. The van der Waals surface area contributed by atoms with Crippen molar-refractivity contribution in [2.24, 2.45) is 0 Å². The Labute approximate surface area is 175 Å². The number of imidazole rings is 1. The summed E-state index contributed by atoms with van der Waals surface area (Å²) in [5.74, 6) is -0.276. The van der Waals surface area contributed by atoms with Gasteiger partial charge in [0.15, 0.2) is 17.4 Å². The van der Waals surface area contributed by atoms with Crippen molar-refractivity contribution in [3.63, 3.8) is 0 Å². The molecule has 6 atom stereocenters. The Morgan fingerprint density at radius 1 is 1.12 bits per heavy atom. The number of hydrogen-bond acceptors (Lipinski definition) is 13. The summed E-state index contributed by atoms with van der Waals surface area (Å²) in [5, 5.41) is 20.4. The lowest BCUT2D eigenvalue weighted by Gasteiger charge is -2.19. The summed E-state index contributed by atoms with van der Waals surface area (Å²) < 4.78 is 51.6. The average Bonchev–Trinajstić information content (AvgIpc) is 3.12. The topological polar surface area (TPSA) is 299 Å². The molecule has 0 bridgehead atoms. The number of aromatic nitrogens is 4. The van der Waals surface area contributed by atoms with Gasteiger partial charge in [-0.2, -0.15) is 13.6 Å². The number of fused-ring (bicyclic) bond motifs is 1. The lowest BCUT2D eigenvalue weighted by molar-refractivity contribution is -0.0503. The van der Waals surface area contributed by atoms with E-state index in [1.807, 2.05) is 0 Å². The zero-order chi connectivity index (χ0) is 24.1. The lowest BCUT2D eigenvalue weighted by Crippen LogP contribution is -2.33. The van der Waals surface area contributed by atoms with Crippen molar-refractivity contribution in [2.45, 2.75) is 24.5 Å². The van der Waals surface area contributed by atoms with Crippen LogP contribution in [0.5, 0.6) is 0 Å². The molecule has 0 saturated carbocycles. The summed E-state index contributed by atoms with van der Waals surface area (Å²) in [4.78, 5) is 57.3. The van der Waals surface area contributed by atoms with Gasteiger partial charge in [0.25, 0.3) is 5.56 Å². The SMILES string of the molecule is Nc1nc2c(ncn2[C@@H]2O[C@H](COP(=O)(O)OP(=O)(O)OP(=O)(O)O)[C@H](O)[C@@H]2O)c(=O)[nH]1. The quantitative estimate of drug-likeness (QED) is 0.168. The van der Waals surface area contributed by atoms with Gasteiger partial charge in [0.2, 0.25) is 5.95 Å². The number of ether oxygens (including phenoxy) is 1. The minimum absolute atomic E-state index is 0.115. The molecule has 0 aromatic carbocycles. The summed E-state index contributed by atoms with van der Waals surface area (Å²) in [7, 11) is -16.8. The third-order valence-electron chi connectivity index (χ3n) is 3.88. The van der Waals surface area contributed by atoms with Gasteiger partial charge in [-0.1, -0.05) is 0 Å². The van der Waals surface area contributed by atoms with Crippen molar-refractivity contribution in [3.05, 3.63) is 16.7 Å². The summed E-state index contributed by atoms with van der Waals surface area (Å²) >= 11 is 0. The molecule has 19 nitrogen and oxygen atoms in total. The first kappa shape index (κ1) is 25.1. The van der Waals surface area contributed by atoms with Crippen molar-refractivity contribution < 1.29 is 61.4 Å². The Bertz CT molecular complexity index is 1210. The molecular weight excluding hydrogens is 507 g/mol. The first-order valence-electron chi connectivity index (χ1n) is 8.11. The summed E-state index contributed by atoms with van der Waals surface area (Å²) in [6.45, 7) is -1.01. The molecule has 9 N–H and O–H groups in total. The number of H-pyrrole nitrogens is 1. The molecule has 1 aliphatic rings. The van der Waals surface area contributed by atoms with Crippen molar-refractivity contribution in [3.8, 4) is 0 Å². The molecule has 22 heteroatoms. The maximum atomic E-state index is 11.9. The molecule has 2 unspecified atom stereocenters. The van der Waals surface area contributed by atoms with Gasteiger partial charge in [-0.25, -0.2) is 18.7 Å². The molecule has 3 rings (SSSR count). The number of phosphoric acid groups is 3. The van der Waals surface area contributed by atoms with Gasteiger partial charge in [-0.05, 0) is 0 Å². The van der Waals surface area contributed by atoms with Crippen LogP contribution in [-0.2, 0) is 31.6 Å². The van der Waals surface area contributed by atoms with Gasteiger partial charge in [0, 0.05) is 0 Å². The molecule has 0 aliphatic carbocycles. The zero-order valence-corrected chi connectivity index (χ0v) is 18.0. The highest BCUT2D eigenvalue weighted by atomic mass is 31.3. The molecule has 0 amide bonds. The van der Waals surface area contributed by atoms with E-state index in [0.717, 1.165) is 10.9 Å². The van der Waals surface area contributed by atoms with Crippen molar-refractivity contribution >= 4 is 40.6 Å². The summed E-state index contributed by atoms with van der Waals surface area (Å²) in [6, 6.07) is 0. The van der Waals surface area contributed by atoms with Crippen LogP contribution in [0.15, 0.2) is 11.1 Å². The van der Waals surface area contributed by atoms with Crippen molar-refractivity contribution in [1.82, 2.24) is 19.5 Å². The first-order valence-corrected chi connectivity index (χ1v) is 12.6. The number of anilines is 1. The molecule has 1 saturated heterocycles. The van der Waals surface area contributed by atoms with Crippen LogP contribution < -0.4 is 11.3 Å². The van der Waals surface area contributed by atoms with Gasteiger partial charge in [0.1, 0.15) is 18.3 Å². The number of nitrogens with zero attached hydrogens (tertiary/aromatic N) is 3. The average molecular weight is 523 g/mol. The highest BCUT2D eigenvalue weighted by Gasteiger charge is 2.47. The normalized spacial score (nSPS) is 27.9. The van der Waals surface area contributed by atoms with E-state index in [-0.39, 0.29) is 17.1 Å². The third-order valence-corrected chi connectivity index (χ3v) is 7.68. The monoisotopic (exact) mass is 523 g/mol. The van der Waals surface area contributed by atoms with Gasteiger partial charge in [-0.15, -0.1) is 0 Å². The second-order valence-electron chi connectivity index (χ2n) is 6.21. The second-order valence-corrected chi connectivity index (χ2v) is 10.6. The highest BCUT2D eigenvalue weighted by Crippen LogP contribution is 2.66. The second kappa shape index (κ2) is 8.66. The number of hydrogen-bond donors (Lipinski definition) is 8. The number of nitrogens with two attached hydrogens (primary N) is 1. The molecule has 180 valence electrons. The van der Waals surface area contributed by atoms with E-state index in [0.29, 0.717) is 0 Å². The van der Waals surface area contributed by atoms with Crippen LogP contribution in [0, 0.1) is 0 Å². The van der Waals surface area contributed by atoms with Gasteiger partial charge in [0.05, 0.1) is 12.9 Å².